The van der Waals surface area contributed by atoms with Gasteiger partial charge in [0.1, 0.15) is 30.2 Å². The third-order valence-corrected chi connectivity index (χ3v) is 2.95. The van der Waals surface area contributed by atoms with Crippen molar-refractivity contribution in [2.45, 2.75) is 12.7 Å². The number of aromatic nitrogens is 2. The molecule has 0 atom stereocenters. The number of carbonyl (C=O) groups is 1. The summed E-state index contributed by atoms with van der Waals surface area (Å²) in [5.41, 5.74) is -5.09. The second-order valence-corrected chi connectivity index (χ2v) is 4.71. The Kier molecular flexibility index (Phi) is 4.86. The normalized spacial score (nSPS) is 11.5. The second-order valence-electron chi connectivity index (χ2n) is 4.71. The number of alkyl halides is 3. The zero-order valence-electron chi connectivity index (χ0n) is 12.1. The minimum absolute atomic E-state index is 0.526. The summed E-state index contributed by atoms with van der Waals surface area (Å²) < 4.78 is 92.1. The number of hydrogen-bond donors (Lipinski definition) is 1. The van der Waals surface area contributed by atoms with Gasteiger partial charge in [0.05, 0.1) is 4.92 Å². The molecular formula is C12H5F7N4O3. The lowest BCUT2D eigenvalue weighted by Crippen LogP contribution is -2.23. The van der Waals surface area contributed by atoms with Crippen LogP contribution in [0.5, 0.6) is 0 Å². The molecule has 26 heavy (non-hydrogen) atoms. The molecule has 1 aromatic carbocycles. The topological polar surface area (TPSA) is 90.1 Å². The van der Waals surface area contributed by atoms with Crippen molar-refractivity contribution in [2.24, 2.45) is 0 Å². The summed E-state index contributed by atoms with van der Waals surface area (Å²) in [5.74, 6) is -11.8. The van der Waals surface area contributed by atoms with Crippen LogP contribution >= 0.6 is 0 Å². The van der Waals surface area contributed by atoms with Gasteiger partial charge in [-0.2, -0.15) is 18.3 Å². The number of rotatable bonds is 4. The van der Waals surface area contributed by atoms with Gasteiger partial charge in [0.25, 0.3) is 0 Å². The van der Waals surface area contributed by atoms with Crippen LogP contribution in [-0.4, -0.2) is 20.6 Å². The summed E-state index contributed by atoms with van der Waals surface area (Å²) in [6.07, 6.45) is -4.21. The molecule has 1 heterocycles. The number of nitrogens with zero attached hydrogens (tertiary/aromatic N) is 3. The Morgan fingerprint density at radius 1 is 1.15 bits per heavy atom. The van der Waals surface area contributed by atoms with Crippen molar-refractivity contribution >= 4 is 17.3 Å². The fourth-order valence-corrected chi connectivity index (χ4v) is 1.85. The lowest BCUT2D eigenvalue weighted by atomic mass is 10.1. The Hall–Kier alpha value is -3.19. The highest BCUT2D eigenvalue weighted by Gasteiger charge is 2.42. The molecule has 0 saturated heterocycles. The van der Waals surface area contributed by atoms with Gasteiger partial charge in [-0.25, -0.2) is 17.6 Å². The van der Waals surface area contributed by atoms with E-state index in [1.165, 1.54) is 5.32 Å². The molecule has 0 unspecified atom stereocenters. The number of nitrogens with one attached hydrogen (secondary N) is 1. The molecule has 0 bridgehead atoms. The van der Waals surface area contributed by atoms with E-state index in [1.807, 2.05) is 0 Å². The van der Waals surface area contributed by atoms with Crippen LogP contribution in [0, 0.1) is 33.4 Å². The largest absolute Gasteiger partial charge is 0.422 e. The minimum Gasteiger partial charge on any atom is -0.319 e. The van der Waals surface area contributed by atoms with E-state index < -0.39 is 63.8 Å². The fourth-order valence-electron chi connectivity index (χ4n) is 1.85. The van der Waals surface area contributed by atoms with Gasteiger partial charge in [-0.05, 0) is 0 Å². The Morgan fingerprint density at radius 3 is 2.12 bits per heavy atom. The van der Waals surface area contributed by atoms with Gasteiger partial charge in [0, 0.05) is 0 Å². The molecular weight excluding hydrogens is 381 g/mol. The van der Waals surface area contributed by atoms with Crippen molar-refractivity contribution in [2.75, 3.05) is 5.32 Å². The molecule has 1 aromatic heterocycles. The van der Waals surface area contributed by atoms with Gasteiger partial charge in [-0.1, -0.05) is 0 Å². The number of benzene rings is 1. The van der Waals surface area contributed by atoms with Gasteiger partial charge in [0.15, 0.2) is 23.3 Å². The minimum atomic E-state index is -5.72. The molecule has 7 nitrogen and oxygen atoms in total. The summed E-state index contributed by atoms with van der Waals surface area (Å²) in [5, 5.41) is 15.2. The van der Waals surface area contributed by atoms with Crippen LogP contribution < -0.4 is 5.32 Å². The zero-order valence-corrected chi connectivity index (χ0v) is 12.1. The third kappa shape index (κ3) is 3.57. The average Bonchev–Trinajstić information content (AvgIpc) is 2.97. The van der Waals surface area contributed by atoms with Crippen molar-refractivity contribution in [3.05, 3.63) is 51.3 Å². The van der Waals surface area contributed by atoms with E-state index in [2.05, 4.69) is 5.10 Å². The molecule has 2 rings (SSSR count). The van der Waals surface area contributed by atoms with Gasteiger partial charge in [-0.15, -0.1) is 0 Å². The molecule has 1 N–H and O–H groups in total. The Balaban J connectivity index is 2.31. The molecule has 0 radical (unpaired) electrons. The first kappa shape index (κ1) is 19.1. The molecule has 0 fully saturated rings. The van der Waals surface area contributed by atoms with Crippen molar-refractivity contribution in [3.63, 3.8) is 0 Å². The van der Waals surface area contributed by atoms with Crippen molar-refractivity contribution < 1.29 is 40.5 Å². The summed E-state index contributed by atoms with van der Waals surface area (Å²) >= 11 is 0. The van der Waals surface area contributed by atoms with E-state index in [-0.39, 0.29) is 0 Å². The number of nitro groups is 1. The first-order valence-corrected chi connectivity index (χ1v) is 6.33. The van der Waals surface area contributed by atoms with E-state index in [1.54, 1.807) is 0 Å². The first-order chi connectivity index (χ1) is 11.9. The van der Waals surface area contributed by atoms with Crippen molar-refractivity contribution in [3.8, 4) is 0 Å². The molecule has 2 aromatic rings. The third-order valence-electron chi connectivity index (χ3n) is 2.95. The van der Waals surface area contributed by atoms with Crippen LogP contribution in [0.1, 0.15) is 5.56 Å². The van der Waals surface area contributed by atoms with Crippen LogP contribution in [0.15, 0.2) is 12.4 Å². The fraction of sp³-hybridized carbons (Fsp3) is 0.167. The Morgan fingerprint density at radius 2 is 1.69 bits per heavy atom. The van der Waals surface area contributed by atoms with E-state index in [0.29, 0.717) is 4.68 Å². The molecule has 0 aliphatic carbocycles. The smallest absolute Gasteiger partial charge is 0.319 e. The van der Waals surface area contributed by atoms with E-state index in [9.17, 15) is 45.6 Å². The van der Waals surface area contributed by atoms with Crippen molar-refractivity contribution in [1.29, 1.82) is 0 Å². The highest BCUT2D eigenvalue weighted by molar-refractivity contribution is 5.90. The summed E-state index contributed by atoms with van der Waals surface area (Å²) in [6, 6.07) is 0. The number of anilines is 1. The molecule has 0 aliphatic heterocycles. The highest BCUT2D eigenvalue weighted by atomic mass is 19.4. The van der Waals surface area contributed by atoms with E-state index in [0.717, 1.165) is 12.4 Å². The maximum Gasteiger partial charge on any atom is 0.422 e. The lowest BCUT2D eigenvalue weighted by Gasteiger charge is -2.14. The standard InChI is InChI=1S/C12H5F7N4O3/c13-7-6(12(17,18)19)8(14)10(16)11(9(7)15)21-5(24)3-22-2-4(1-20-22)23(25)26/h1-2H,3H2,(H,21,24). The number of carbonyl (C=O) groups excluding carboxylic acids is 1. The summed E-state index contributed by atoms with van der Waals surface area (Å²) in [7, 11) is 0. The predicted molar refractivity (Wildman–Crippen MR) is 68.8 cm³/mol. The summed E-state index contributed by atoms with van der Waals surface area (Å²) in [6.45, 7) is -0.878. The van der Waals surface area contributed by atoms with E-state index >= 15 is 0 Å². The average molecular weight is 386 g/mol. The SMILES string of the molecule is O=C(Cn1cc([N+](=O)[O-])cn1)Nc1c(F)c(F)c(C(F)(F)F)c(F)c1F. The zero-order chi connectivity index (χ0) is 19.8. The summed E-state index contributed by atoms with van der Waals surface area (Å²) in [4.78, 5) is 21.2. The molecule has 0 spiro atoms. The monoisotopic (exact) mass is 386 g/mol. The maximum absolute atomic E-state index is 13.6. The molecule has 1 amide bonds. The Labute approximate surface area is 138 Å². The van der Waals surface area contributed by atoms with Gasteiger partial charge >= 0.3 is 11.9 Å². The van der Waals surface area contributed by atoms with Gasteiger partial charge in [-0.3, -0.25) is 19.6 Å². The highest BCUT2D eigenvalue weighted by Crippen LogP contribution is 2.38. The van der Waals surface area contributed by atoms with Crippen LogP contribution in [-0.2, 0) is 17.5 Å². The first-order valence-electron chi connectivity index (χ1n) is 6.33. The van der Waals surface area contributed by atoms with Crippen LogP contribution in [0.4, 0.5) is 42.1 Å². The lowest BCUT2D eigenvalue weighted by molar-refractivity contribution is -0.385. The molecule has 0 aliphatic rings. The number of amides is 1. The predicted octanol–water partition coefficient (Wildman–Crippen LogP) is 3.01. The van der Waals surface area contributed by atoms with Gasteiger partial charge < -0.3 is 5.32 Å². The second kappa shape index (κ2) is 6.61. The maximum atomic E-state index is 13.6. The molecule has 0 saturated carbocycles. The van der Waals surface area contributed by atoms with Gasteiger partial charge in [0.2, 0.25) is 5.91 Å². The van der Waals surface area contributed by atoms with E-state index in [4.69, 9.17) is 0 Å². The Bertz CT molecular complexity index is 865. The quantitative estimate of drug-likeness (QED) is 0.379. The van der Waals surface area contributed by atoms with Crippen LogP contribution in [0.3, 0.4) is 0 Å². The van der Waals surface area contributed by atoms with Crippen molar-refractivity contribution in [1.82, 2.24) is 9.78 Å². The van der Waals surface area contributed by atoms with Crippen LogP contribution in [0.25, 0.3) is 0 Å². The molecule has 14 heteroatoms. The molecule has 140 valence electrons. The number of hydrogen-bond acceptors (Lipinski definition) is 4. The van der Waals surface area contributed by atoms with Crippen LogP contribution in [0.2, 0.25) is 0 Å². The number of halogens is 7.